The van der Waals surface area contributed by atoms with Crippen LogP contribution in [0.4, 0.5) is 10.6 Å². The van der Waals surface area contributed by atoms with Gasteiger partial charge in [0.25, 0.3) is 0 Å². The largest absolute Gasteiger partial charge is 0.444 e. The highest BCUT2D eigenvalue weighted by Gasteiger charge is 2.46. The summed E-state index contributed by atoms with van der Waals surface area (Å²) in [6, 6.07) is 1.71. The highest BCUT2D eigenvalue weighted by molar-refractivity contribution is 6.29. The molecule has 23 heavy (non-hydrogen) atoms. The number of rotatable bonds is 0. The molecule has 3 rings (SSSR count). The molecule has 1 fully saturated rings. The molecule has 8 heteroatoms. The fourth-order valence-corrected chi connectivity index (χ4v) is 3.42. The molecule has 0 aromatic carbocycles. The Morgan fingerprint density at radius 1 is 1.35 bits per heavy atom. The summed E-state index contributed by atoms with van der Waals surface area (Å²) in [6.45, 7) is 9.70. The zero-order chi connectivity index (χ0) is 17.0. The molecule has 0 radical (unpaired) electrons. The average Bonchev–Trinajstić information content (AvgIpc) is 2.69. The Kier molecular flexibility index (Phi) is 3.59. The standard InChI is InChI=1S/C15H21ClN4O3/c1-14(2,3)23-13(22)18-5-6-20-11-7-10(16)17-12(21)19(11)9-15(20,4)8-18/h7H,5-6,8-9H2,1-4H3. The normalized spacial score (nSPS) is 23.5. The highest BCUT2D eigenvalue weighted by atomic mass is 35.5. The van der Waals surface area contributed by atoms with Crippen LogP contribution in [-0.4, -0.2) is 51.3 Å². The van der Waals surface area contributed by atoms with Crippen LogP contribution in [0.25, 0.3) is 0 Å². The number of amides is 1. The van der Waals surface area contributed by atoms with Crippen LogP contribution in [0.1, 0.15) is 27.7 Å². The third-order valence-electron chi connectivity index (χ3n) is 4.16. The monoisotopic (exact) mass is 340 g/mol. The fourth-order valence-electron chi connectivity index (χ4n) is 3.25. The van der Waals surface area contributed by atoms with E-state index in [0.29, 0.717) is 26.2 Å². The molecule has 126 valence electrons. The van der Waals surface area contributed by atoms with Crippen LogP contribution >= 0.6 is 11.6 Å². The number of nitrogens with zero attached hydrogens (tertiary/aromatic N) is 4. The molecule has 1 atom stereocenters. The Bertz CT molecular complexity index is 712. The molecule has 1 amide bonds. The molecule has 1 aromatic rings. The number of ether oxygens (including phenoxy) is 1. The van der Waals surface area contributed by atoms with E-state index in [1.807, 2.05) is 27.7 Å². The zero-order valence-corrected chi connectivity index (χ0v) is 14.6. The summed E-state index contributed by atoms with van der Waals surface area (Å²) >= 11 is 5.92. The van der Waals surface area contributed by atoms with E-state index >= 15 is 0 Å². The Morgan fingerprint density at radius 3 is 2.70 bits per heavy atom. The summed E-state index contributed by atoms with van der Waals surface area (Å²) < 4.78 is 7.07. The third-order valence-corrected chi connectivity index (χ3v) is 4.36. The molecule has 1 unspecified atom stereocenters. The molecule has 2 aliphatic heterocycles. The van der Waals surface area contributed by atoms with Gasteiger partial charge >= 0.3 is 11.8 Å². The Labute approximate surface area is 139 Å². The first-order chi connectivity index (χ1) is 10.6. The third kappa shape index (κ3) is 2.89. The number of hydrogen-bond donors (Lipinski definition) is 0. The summed E-state index contributed by atoms with van der Waals surface area (Å²) in [4.78, 5) is 32.0. The van der Waals surface area contributed by atoms with E-state index in [0.717, 1.165) is 5.82 Å². The lowest BCUT2D eigenvalue weighted by Crippen LogP contribution is -2.61. The smallest absolute Gasteiger partial charge is 0.410 e. The maximum atomic E-state index is 12.3. The minimum Gasteiger partial charge on any atom is -0.444 e. The average molecular weight is 341 g/mol. The molecule has 2 aliphatic rings. The Hall–Kier alpha value is -1.76. The molecular weight excluding hydrogens is 320 g/mol. The van der Waals surface area contributed by atoms with Gasteiger partial charge in [-0.05, 0) is 27.7 Å². The number of piperazine rings is 1. The van der Waals surface area contributed by atoms with Gasteiger partial charge in [0.15, 0.2) is 0 Å². The van der Waals surface area contributed by atoms with Crippen LogP contribution < -0.4 is 10.6 Å². The molecule has 0 aliphatic carbocycles. The van der Waals surface area contributed by atoms with E-state index in [4.69, 9.17) is 16.3 Å². The van der Waals surface area contributed by atoms with Gasteiger partial charge < -0.3 is 14.5 Å². The molecule has 0 bridgehead atoms. The number of hydrogen-bond acceptors (Lipinski definition) is 5. The highest BCUT2D eigenvalue weighted by Crippen LogP contribution is 2.36. The van der Waals surface area contributed by atoms with E-state index in [2.05, 4.69) is 9.88 Å². The first-order valence-corrected chi connectivity index (χ1v) is 8.00. The van der Waals surface area contributed by atoms with Crippen molar-refractivity contribution in [3.05, 3.63) is 21.7 Å². The van der Waals surface area contributed by atoms with Gasteiger partial charge in [0.2, 0.25) is 0 Å². The summed E-state index contributed by atoms with van der Waals surface area (Å²) in [7, 11) is 0. The number of aromatic nitrogens is 2. The van der Waals surface area contributed by atoms with Gasteiger partial charge in [-0.25, -0.2) is 9.59 Å². The van der Waals surface area contributed by atoms with Crippen molar-refractivity contribution >= 4 is 23.5 Å². The van der Waals surface area contributed by atoms with Crippen molar-refractivity contribution in [2.75, 3.05) is 24.5 Å². The fraction of sp³-hybridized carbons (Fsp3) is 0.667. The van der Waals surface area contributed by atoms with Crippen molar-refractivity contribution in [3.8, 4) is 0 Å². The van der Waals surface area contributed by atoms with E-state index in [-0.39, 0.29) is 22.5 Å². The lowest BCUT2D eigenvalue weighted by Gasteiger charge is -2.45. The molecule has 1 aromatic heterocycles. The van der Waals surface area contributed by atoms with Gasteiger partial charge in [-0.15, -0.1) is 0 Å². The second-order valence-electron chi connectivity index (χ2n) is 7.36. The number of anilines is 1. The van der Waals surface area contributed by atoms with Gasteiger partial charge in [-0.1, -0.05) is 11.6 Å². The van der Waals surface area contributed by atoms with Gasteiger partial charge in [0, 0.05) is 25.7 Å². The maximum absolute atomic E-state index is 12.3. The number of carbonyl (C=O) groups excluding carboxylic acids is 1. The van der Waals surface area contributed by atoms with Gasteiger partial charge in [0.1, 0.15) is 16.6 Å². The van der Waals surface area contributed by atoms with Crippen molar-refractivity contribution in [2.45, 2.75) is 45.4 Å². The first-order valence-electron chi connectivity index (χ1n) is 7.62. The van der Waals surface area contributed by atoms with Crippen LogP contribution in [0, 0.1) is 0 Å². The van der Waals surface area contributed by atoms with E-state index in [1.165, 1.54) is 0 Å². The van der Waals surface area contributed by atoms with Crippen LogP contribution in [0.3, 0.4) is 0 Å². The molecule has 0 spiro atoms. The van der Waals surface area contributed by atoms with Crippen LogP contribution in [-0.2, 0) is 11.3 Å². The van der Waals surface area contributed by atoms with Crippen molar-refractivity contribution in [2.24, 2.45) is 0 Å². The van der Waals surface area contributed by atoms with Gasteiger partial charge in [-0.2, -0.15) is 4.98 Å². The van der Waals surface area contributed by atoms with Gasteiger partial charge in [-0.3, -0.25) is 4.57 Å². The number of fused-ring (bicyclic) bond motifs is 3. The molecule has 0 N–H and O–H groups in total. The van der Waals surface area contributed by atoms with Crippen molar-refractivity contribution in [1.82, 2.24) is 14.5 Å². The van der Waals surface area contributed by atoms with Crippen molar-refractivity contribution in [3.63, 3.8) is 0 Å². The number of carbonyl (C=O) groups is 1. The number of halogens is 1. The molecule has 1 saturated heterocycles. The Morgan fingerprint density at radius 2 is 2.04 bits per heavy atom. The van der Waals surface area contributed by atoms with Gasteiger partial charge in [0.05, 0.1) is 12.1 Å². The van der Waals surface area contributed by atoms with Crippen molar-refractivity contribution < 1.29 is 9.53 Å². The predicted octanol–water partition coefficient (Wildman–Crippen LogP) is 1.73. The van der Waals surface area contributed by atoms with Crippen LogP contribution in [0.15, 0.2) is 10.9 Å². The predicted molar refractivity (Wildman–Crippen MR) is 87.1 cm³/mol. The second-order valence-corrected chi connectivity index (χ2v) is 7.74. The molecule has 0 saturated carbocycles. The first kappa shape index (κ1) is 16.1. The van der Waals surface area contributed by atoms with Crippen molar-refractivity contribution in [1.29, 1.82) is 0 Å². The minimum absolute atomic E-state index is 0.195. The summed E-state index contributed by atoms with van der Waals surface area (Å²) in [5.74, 6) is 0.765. The molecular formula is C15H21ClN4O3. The topological polar surface area (TPSA) is 67.7 Å². The lowest BCUT2D eigenvalue weighted by molar-refractivity contribution is 0.0172. The summed E-state index contributed by atoms with van der Waals surface area (Å²) in [5, 5.41) is 0.195. The quantitative estimate of drug-likeness (QED) is 0.673. The molecule has 3 heterocycles. The summed E-state index contributed by atoms with van der Waals surface area (Å²) in [5.41, 5.74) is -1.25. The van der Waals surface area contributed by atoms with E-state index < -0.39 is 5.60 Å². The van der Waals surface area contributed by atoms with Crippen LogP contribution in [0.5, 0.6) is 0 Å². The Balaban J connectivity index is 1.84. The zero-order valence-electron chi connectivity index (χ0n) is 13.8. The SMILES string of the molecule is CC(C)(C)OC(=O)N1CCN2c3cc(Cl)nc(=O)n3CC2(C)C1. The summed E-state index contributed by atoms with van der Waals surface area (Å²) in [6.07, 6.45) is -0.321. The molecule has 7 nitrogen and oxygen atoms in total. The van der Waals surface area contributed by atoms with Crippen LogP contribution in [0.2, 0.25) is 5.15 Å². The lowest BCUT2D eigenvalue weighted by atomic mass is 9.98. The maximum Gasteiger partial charge on any atom is 0.410 e. The second kappa shape index (κ2) is 5.12. The minimum atomic E-state index is -0.526. The van der Waals surface area contributed by atoms with E-state index in [9.17, 15) is 9.59 Å². The van der Waals surface area contributed by atoms with E-state index in [1.54, 1.807) is 15.5 Å².